The summed E-state index contributed by atoms with van der Waals surface area (Å²) >= 11 is 1.53. The van der Waals surface area contributed by atoms with Crippen molar-refractivity contribution < 1.29 is 17.6 Å². The molecule has 3 heterocycles. The minimum atomic E-state index is -3.55. The second kappa shape index (κ2) is 8.10. The van der Waals surface area contributed by atoms with Gasteiger partial charge in [0.2, 0.25) is 15.9 Å². The number of morpholine rings is 1. The average molecular weight is 437 g/mol. The standard InChI is InChI=1S/C19H24N4O4S2/c1-4-23-17-6-5-15(29(24,25)22-7-9-26-10-8-22)11-16(17)21-19(23)28-12-18-20-13(2)14(3)27-18/h5-6,11H,4,7-10,12H2,1-3H3. The fourth-order valence-electron chi connectivity index (χ4n) is 3.33. The number of aryl methyl sites for hydroxylation is 3. The van der Waals surface area contributed by atoms with E-state index in [0.717, 1.165) is 28.7 Å². The van der Waals surface area contributed by atoms with Crippen molar-refractivity contribution in [2.24, 2.45) is 0 Å². The molecule has 0 unspecified atom stereocenters. The predicted molar refractivity (Wildman–Crippen MR) is 111 cm³/mol. The van der Waals surface area contributed by atoms with Crippen LogP contribution in [0.15, 0.2) is 32.7 Å². The van der Waals surface area contributed by atoms with Gasteiger partial charge in [0.05, 0.1) is 40.6 Å². The number of hydrogen-bond donors (Lipinski definition) is 0. The summed E-state index contributed by atoms with van der Waals surface area (Å²) in [7, 11) is -3.55. The number of thioether (sulfide) groups is 1. The molecule has 10 heteroatoms. The molecule has 1 saturated heterocycles. The number of benzene rings is 1. The largest absolute Gasteiger partial charge is 0.445 e. The van der Waals surface area contributed by atoms with Crippen LogP contribution in [0.1, 0.15) is 24.3 Å². The lowest BCUT2D eigenvalue weighted by molar-refractivity contribution is 0.0730. The molecule has 29 heavy (non-hydrogen) atoms. The first kappa shape index (κ1) is 20.4. The Morgan fingerprint density at radius 3 is 2.59 bits per heavy atom. The zero-order valence-corrected chi connectivity index (χ0v) is 18.3. The Kier molecular flexibility index (Phi) is 5.69. The smallest absolute Gasteiger partial charge is 0.243 e. The molecule has 0 saturated carbocycles. The summed E-state index contributed by atoms with van der Waals surface area (Å²) in [5.74, 6) is 2.05. The number of nitrogens with zero attached hydrogens (tertiary/aromatic N) is 4. The van der Waals surface area contributed by atoms with E-state index >= 15 is 0 Å². The number of fused-ring (bicyclic) bond motifs is 1. The van der Waals surface area contributed by atoms with Gasteiger partial charge in [-0.25, -0.2) is 18.4 Å². The third-order valence-electron chi connectivity index (χ3n) is 5.01. The maximum absolute atomic E-state index is 12.9. The molecule has 1 aliphatic rings. The van der Waals surface area contributed by atoms with Gasteiger partial charge in [0.25, 0.3) is 0 Å². The topological polar surface area (TPSA) is 90.5 Å². The number of oxazole rings is 1. The first-order chi connectivity index (χ1) is 13.9. The molecule has 3 aromatic rings. The Morgan fingerprint density at radius 1 is 1.17 bits per heavy atom. The van der Waals surface area contributed by atoms with Crippen molar-refractivity contribution in [3.63, 3.8) is 0 Å². The molecule has 156 valence electrons. The molecule has 0 aliphatic carbocycles. The van der Waals surface area contributed by atoms with E-state index in [0.29, 0.717) is 43.5 Å². The molecule has 0 bridgehead atoms. The van der Waals surface area contributed by atoms with Crippen LogP contribution in [0, 0.1) is 13.8 Å². The van der Waals surface area contributed by atoms with E-state index in [1.165, 1.54) is 16.1 Å². The summed E-state index contributed by atoms with van der Waals surface area (Å²) < 4.78 is 40.4. The Balaban J connectivity index is 1.63. The Hall–Kier alpha value is -1.88. The first-order valence-electron chi connectivity index (χ1n) is 9.54. The van der Waals surface area contributed by atoms with Gasteiger partial charge in [0.15, 0.2) is 5.16 Å². The molecule has 2 aromatic heterocycles. The lowest BCUT2D eigenvalue weighted by Crippen LogP contribution is -2.40. The van der Waals surface area contributed by atoms with Crippen molar-refractivity contribution in [2.75, 3.05) is 26.3 Å². The van der Waals surface area contributed by atoms with Gasteiger partial charge in [-0.1, -0.05) is 11.8 Å². The molecule has 1 fully saturated rings. The maximum atomic E-state index is 12.9. The molecular weight excluding hydrogens is 412 g/mol. The van der Waals surface area contributed by atoms with Crippen molar-refractivity contribution in [1.29, 1.82) is 0 Å². The van der Waals surface area contributed by atoms with Crippen molar-refractivity contribution in [3.05, 3.63) is 35.5 Å². The van der Waals surface area contributed by atoms with Gasteiger partial charge in [0.1, 0.15) is 5.76 Å². The summed E-state index contributed by atoms with van der Waals surface area (Å²) in [6, 6.07) is 5.16. The van der Waals surface area contributed by atoms with E-state index in [2.05, 4.69) is 9.55 Å². The molecule has 8 nitrogen and oxygen atoms in total. The van der Waals surface area contributed by atoms with Crippen LogP contribution in [0.2, 0.25) is 0 Å². The van der Waals surface area contributed by atoms with Crippen LogP contribution >= 0.6 is 11.8 Å². The second-order valence-electron chi connectivity index (χ2n) is 6.84. The van der Waals surface area contributed by atoms with Crippen LogP contribution in [0.4, 0.5) is 0 Å². The quantitative estimate of drug-likeness (QED) is 0.549. The van der Waals surface area contributed by atoms with Gasteiger partial charge in [-0.3, -0.25) is 0 Å². The molecule has 0 atom stereocenters. The minimum absolute atomic E-state index is 0.267. The molecule has 1 aromatic carbocycles. The van der Waals surface area contributed by atoms with Crippen LogP contribution in [0.25, 0.3) is 11.0 Å². The van der Waals surface area contributed by atoms with E-state index in [1.807, 2.05) is 26.8 Å². The summed E-state index contributed by atoms with van der Waals surface area (Å²) in [5.41, 5.74) is 2.47. The van der Waals surface area contributed by atoms with Crippen molar-refractivity contribution in [2.45, 2.75) is 43.1 Å². The van der Waals surface area contributed by atoms with E-state index in [-0.39, 0.29) is 4.90 Å². The lowest BCUT2D eigenvalue weighted by Gasteiger charge is -2.26. The Morgan fingerprint density at radius 2 is 1.93 bits per heavy atom. The van der Waals surface area contributed by atoms with Crippen LogP contribution < -0.4 is 0 Å². The lowest BCUT2D eigenvalue weighted by atomic mass is 10.3. The molecule has 0 N–H and O–H groups in total. The highest BCUT2D eigenvalue weighted by Crippen LogP contribution is 2.29. The third-order valence-corrected chi connectivity index (χ3v) is 7.86. The van der Waals surface area contributed by atoms with Gasteiger partial charge >= 0.3 is 0 Å². The van der Waals surface area contributed by atoms with Gasteiger partial charge in [-0.2, -0.15) is 4.31 Å². The van der Waals surface area contributed by atoms with E-state index in [1.54, 1.807) is 12.1 Å². The number of aromatic nitrogens is 3. The predicted octanol–water partition coefficient (Wildman–Crippen LogP) is 2.97. The van der Waals surface area contributed by atoms with Crippen LogP contribution in [0.3, 0.4) is 0 Å². The average Bonchev–Trinajstić information content (AvgIpc) is 3.25. The number of rotatable bonds is 6. The van der Waals surface area contributed by atoms with Crippen LogP contribution in [0.5, 0.6) is 0 Å². The monoisotopic (exact) mass is 436 g/mol. The van der Waals surface area contributed by atoms with Crippen molar-refractivity contribution in [1.82, 2.24) is 18.8 Å². The zero-order chi connectivity index (χ0) is 20.6. The molecule has 0 amide bonds. The van der Waals surface area contributed by atoms with Gasteiger partial charge < -0.3 is 13.7 Å². The van der Waals surface area contributed by atoms with E-state index in [9.17, 15) is 8.42 Å². The highest BCUT2D eigenvalue weighted by molar-refractivity contribution is 7.98. The first-order valence-corrected chi connectivity index (χ1v) is 12.0. The molecule has 4 rings (SSSR count). The fraction of sp³-hybridized carbons (Fsp3) is 0.474. The summed E-state index contributed by atoms with van der Waals surface area (Å²) in [5, 5.41) is 0.817. The molecule has 0 radical (unpaired) electrons. The van der Waals surface area contributed by atoms with Crippen LogP contribution in [-0.2, 0) is 27.1 Å². The number of hydrogen-bond acceptors (Lipinski definition) is 7. The highest BCUT2D eigenvalue weighted by atomic mass is 32.2. The Labute approximate surface area is 174 Å². The minimum Gasteiger partial charge on any atom is -0.445 e. The second-order valence-corrected chi connectivity index (χ2v) is 9.72. The molecule has 0 spiro atoms. The van der Waals surface area contributed by atoms with E-state index < -0.39 is 10.0 Å². The number of ether oxygens (including phenoxy) is 1. The summed E-state index contributed by atoms with van der Waals surface area (Å²) in [6.45, 7) is 8.19. The van der Waals surface area contributed by atoms with Gasteiger partial charge in [-0.15, -0.1) is 0 Å². The van der Waals surface area contributed by atoms with Crippen LogP contribution in [-0.4, -0.2) is 53.6 Å². The number of imidazole rings is 1. The molecule has 1 aliphatic heterocycles. The normalized spacial score (nSPS) is 16.0. The highest BCUT2D eigenvalue weighted by Gasteiger charge is 2.27. The third kappa shape index (κ3) is 3.94. The molecular formula is C19H24N4O4S2. The van der Waals surface area contributed by atoms with Gasteiger partial charge in [0, 0.05) is 19.6 Å². The van der Waals surface area contributed by atoms with Crippen molar-refractivity contribution in [3.8, 4) is 0 Å². The van der Waals surface area contributed by atoms with Gasteiger partial charge in [-0.05, 0) is 39.0 Å². The van der Waals surface area contributed by atoms with E-state index in [4.69, 9.17) is 14.1 Å². The SMILES string of the molecule is CCn1c(SCc2nc(C)c(C)o2)nc2cc(S(=O)(=O)N3CCOCC3)ccc21. The summed E-state index contributed by atoms with van der Waals surface area (Å²) in [4.78, 5) is 9.38. The Bertz CT molecular complexity index is 1110. The fourth-order valence-corrected chi connectivity index (χ4v) is 5.68. The van der Waals surface area contributed by atoms with Crippen molar-refractivity contribution >= 4 is 32.8 Å². The summed E-state index contributed by atoms with van der Waals surface area (Å²) in [6.07, 6.45) is 0. The zero-order valence-electron chi connectivity index (χ0n) is 16.7. The number of sulfonamides is 1. The maximum Gasteiger partial charge on any atom is 0.243 e.